The highest BCUT2D eigenvalue weighted by molar-refractivity contribution is 7.09. The van der Waals surface area contributed by atoms with Gasteiger partial charge in [-0.2, -0.15) is 0 Å². The van der Waals surface area contributed by atoms with Crippen LogP contribution in [0.2, 0.25) is 0 Å². The van der Waals surface area contributed by atoms with Crippen LogP contribution in [0.25, 0.3) is 0 Å². The summed E-state index contributed by atoms with van der Waals surface area (Å²) in [6, 6.07) is 4.99. The summed E-state index contributed by atoms with van der Waals surface area (Å²) in [6.45, 7) is 9.40. The maximum atomic E-state index is 3.56. The molecule has 1 fully saturated rings. The second-order valence-corrected chi connectivity index (χ2v) is 6.31. The van der Waals surface area contributed by atoms with Gasteiger partial charge in [0.25, 0.3) is 0 Å². The van der Waals surface area contributed by atoms with Crippen LogP contribution in [0.1, 0.15) is 31.6 Å². The van der Waals surface area contributed by atoms with Crippen molar-refractivity contribution in [2.45, 2.75) is 39.3 Å². The van der Waals surface area contributed by atoms with E-state index in [0.29, 0.717) is 6.04 Å². The van der Waals surface area contributed by atoms with Crippen molar-refractivity contribution >= 4 is 11.3 Å². The Bertz CT molecular complexity index is 302. The highest BCUT2D eigenvalue weighted by atomic mass is 32.1. The average Bonchev–Trinajstić information content (AvgIpc) is 2.83. The lowest BCUT2D eigenvalue weighted by atomic mass is 9.98. The maximum Gasteiger partial charge on any atom is 0.0300 e. The Labute approximate surface area is 109 Å². The topological polar surface area (TPSA) is 15.3 Å². The van der Waals surface area contributed by atoms with Gasteiger partial charge in [0.15, 0.2) is 0 Å². The molecular formula is C14H24N2S. The van der Waals surface area contributed by atoms with Gasteiger partial charge in [0.1, 0.15) is 0 Å². The van der Waals surface area contributed by atoms with Gasteiger partial charge >= 0.3 is 0 Å². The molecule has 1 aliphatic heterocycles. The van der Waals surface area contributed by atoms with E-state index in [-0.39, 0.29) is 0 Å². The fourth-order valence-electron chi connectivity index (χ4n) is 2.42. The van der Waals surface area contributed by atoms with Crippen molar-refractivity contribution in [2.24, 2.45) is 5.92 Å². The molecule has 0 aliphatic carbocycles. The molecule has 96 valence electrons. The molecule has 0 saturated carbocycles. The van der Waals surface area contributed by atoms with E-state index in [1.54, 1.807) is 0 Å². The number of piperidine rings is 1. The summed E-state index contributed by atoms with van der Waals surface area (Å²) in [6.07, 6.45) is 2.74. The van der Waals surface area contributed by atoms with Gasteiger partial charge in [-0.05, 0) is 50.2 Å². The smallest absolute Gasteiger partial charge is 0.0300 e. The number of likely N-dealkylation sites (tertiary alicyclic amines) is 1. The van der Waals surface area contributed by atoms with Crippen molar-refractivity contribution in [1.82, 2.24) is 10.2 Å². The lowest BCUT2D eigenvalue weighted by Crippen LogP contribution is -2.44. The van der Waals surface area contributed by atoms with Crippen LogP contribution in [0.4, 0.5) is 0 Å². The van der Waals surface area contributed by atoms with Gasteiger partial charge in [0.2, 0.25) is 0 Å². The number of thiophene rings is 1. The SMILES string of the molecule is CC1CCN(C(C)CNCc2cccs2)CC1. The summed E-state index contributed by atoms with van der Waals surface area (Å²) in [5.74, 6) is 0.928. The molecular weight excluding hydrogens is 228 g/mol. The summed E-state index contributed by atoms with van der Waals surface area (Å²) >= 11 is 1.83. The zero-order valence-corrected chi connectivity index (χ0v) is 11.8. The van der Waals surface area contributed by atoms with Crippen LogP contribution >= 0.6 is 11.3 Å². The Hall–Kier alpha value is -0.380. The molecule has 1 unspecified atom stereocenters. The van der Waals surface area contributed by atoms with E-state index in [0.717, 1.165) is 19.0 Å². The Morgan fingerprint density at radius 2 is 2.24 bits per heavy atom. The number of hydrogen-bond donors (Lipinski definition) is 1. The first-order chi connectivity index (χ1) is 8.25. The molecule has 1 aromatic rings. The highest BCUT2D eigenvalue weighted by Crippen LogP contribution is 2.17. The summed E-state index contributed by atoms with van der Waals surface area (Å²) in [4.78, 5) is 4.06. The molecule has 0 spiro atoms. The monoisotopic (exact) mass is 252 g/mol. The third-order valence-electron chi connectivity index (χ3n) is 3.76. The molecule has 0 amide bonds. The zero-order chi connectivity index (χ0) is 12.1. The van der Waals surface area contributed by atoms with Crippen LogP contribution < -0.4 is 5.32 Å². The van der Waals surface area contributed by atoms with E-state index >= 15 is 0 Å². The Morgan fingerprint density at radius 3 is 2.88 bits per heavy atom. The summed E-state index contributed by atoms with van der Waals surface area (Å²) < 4.78 is 0. The van der Waals surface area contributed by atoms with Crippen molar-refractivity contribution in [3.63, 3.8) is 0 Å². The highest BCUT2D eigenvalue weighted by Gasteiger charge is 2.19. The molecule has 1 atom stereocenters. The van der Waals surface area contributed by atoms with Crippen molar-refractivity contribution in [3.05, 3.63) is 22.4 Å². The first kappa shape index (κ1) is 13.1. The molecule has 1 aliphatic rings. The number of hydrogen-bond acceptors (Lipinski definition) is 3. The van der Waals surface area contributed by atoms with E-state index in [9.17, 15) is 0 Å². The van der Waals surface area contributed by atoms with Gasteiger partial charge < -0.3 is 5.32 Å². The van der Waals surface area contributed by atoms with Gasteiger partial charge in [-0.15, -0.1) is 11.3 Å². The predicted octanol–water partition coefficient (Wildman–Crippen LogP) is 2.96. The minimum Gasteiger partial charge on any atom is -0.310 e. The zero-order valence-electron chi connectivity index (χ0n) is 11.0. The third-order valence-corrected chi connectivity index (χ3v) is 4.64. The second-order valence-electron chi connectivity index (χ2n) is 5.28. The third kappa shape index (κ3) is 4.09. The van der Waals surface area contributed by atoms with Gasteiger partial charge in [-0.25, -0.2) is 0 Å². The first-order valence-corrected chi connectivity index (χ1v) is 7.61. The first-order valence-electron chi connectivity index (χ1n) is 6.73. The van der Waals surface area contributed by atoms with E-state index in [1.165, 1.54) is 30.8 Å². The van der Waals surface area contributed by atoms with Gasteiger partial charge in [0.05, 0.1) is 0 Å². The van der Waals surface area contributed by atoms with Crippen molar-refractivity contribution < 1.29 is 0 Å². The standard InChI is InChI=1S/C14H24N2S/c1-12-5-7-16(8-6-12)13(2)10-15-11-14-4-3-9-17-14/h3-4,9,12-13,15H,5-8,10-11H2,1-2H3. The lowest BCUT2D eigenvalue weighted by Gasteiger charge is -2.35. The summed E-state index contributed by atoms with van der Waals surface area (Å²) in [5, 5.41) is 5.71. The van der Waals surface area contributed by atoms with Crippen LogP contribution in [0, 0.1) is 5.92 Å². The predicted molar refractivity (Wildman–Crippen MR) is 75.5 cm³/mol. The molecule has 2 nitrogen and oxygen atoms in total. The molecule has 2 heterocycles. The average molecular weight is 252 g/mol. The Balaban J connectivity index is 1.65. The Morgan fingerprint density at radius 1 is 1.47 bits per heavy atom. The van der Waals surface area contributed by atoms with Crippen LogP contribution in [0.15, 0.2) is 17.5 Å². The summed E-state index contributed by atoms with van der Waals surface area (Å²) in [7, 11) is 0. The molecule has 0 radical (unpaired) electrons. The molecule has 3 heteroatoms. The fraction of sp³-hybridized carbons (Fsp3) is 0.714. The number of nitrogens with one attached hydrogen (secondary N) is 1. The fourth-order valence-corrected chi connectivity index (χ4v) is 3.09. The minimum atomic E-state index is 0.669. The van der Waals surface area contributed by atoms with Crippen LogP contribution in [-0.2, 0) is 6.54 Å². The van der Waals surface area contributed by atoms with Gasteiger partial charge in [0, 0.05) is 24.0 Å². The lowest BCUT2D eigenvalue weighted by molar-refractivity contribution is 0.144. The van der Waals surface area contributed by atoms with E-state index < -0.39 is 0 Å². The van der Waals surface area contributed by atoms with E-state index in [2.05, 4.69) is 41.6 Å². The van der Waals surface area contributed by atoms with Crippen LogP contribution in [0.5, 0.6) is 0 Å². The number of rotatable bonds is 5. The van der Waals surface area contributed by atoms with Gasteiger partial charge in [-0.1, -0.05) is 13.0 Å². The number of nitrogens with zero attached hydrogens (tertiary/aromatic N) is 1. The van der Waals surface area contributed by atoms with E-state index in [1.807, 2.05) is 11.3 Å². The Kier molecular flexibility index (Phi) is 5.01. The van der Waals surface area contributed by atoms with Gasteiger partial charge in [-0.3, -0.25) is 4.90 Å². The van der Waals surface area contributed by atoms with E-state index in [4.69, 9.17) is 0 Å². The summed E-state index contributed by atoms with van der Waals surface area (Å²) in [5.41, 5.74) is 0. The molecule has 1 saturated heterocycles. The van der Waals surface area contributed by atoms with Crippen LogP contribution in [-0.4, -0.2) is 30.6 Å². The molecule has 0 bridgehead atoms. The molecule has 1 N–H and O–H groups in total. The molecule has 0 aromatic carbocycles. The second kappa shape index (κ2) is 6.53. The maximum absolute atomic E-state index is 3.56. The van der Waals surface area contributed by atoms with Crippen LogP contribution in [0.3, 0.4) is 0 Å². The molecule has 1 aromatic heterocycles. The normalized spacial score (nSPS) is 20.6. The minimum absolute atomic E-state index is 0.669. The molecule has 17 heavy (non-hydrogen) atoms. The van der Waals surface area contributed by atoms with Crippen molar-refractivity contribution in [3.8, 4) is 0 Å². The van der Waals surface area contributed by atoms with Crippen molar-refractivity contribution in [1.29, 1.82) is 0 Å². The molecule has 2 rings (SSSR count). The largest absolute Gasteiger partial charge is 0.310 e. The quantitative estimate of drug-likeness (QED) is 0.867. The van der Waals surface area contributed by atoms with Crippen molar-refractivity contribution in [2.75, 3.05) is 19.6 Å².